The first-order valence-electron chi connectivity index (χ1n) is 6.80. The Kier molecular flexibility index (Phi) is 4.72. The summed E-state index contributed by atoms with van der Waals surface area (Å²) in [4.78, 5) is 2.34. The van der Waals surface area contributed by atoms with Crippen molar-refractivity contribution in [2.45, 2.75) is 45.2 Å². The summed E-state index contributed by atoms with van der Waals surface area (Å²) in [6.45, 7) is 3.67. The zero-order valence-corrected chi connectivity index (χ0v) is 11.0. The molecule has 1 aliphatic rings. The number of aryl methyl sites for hydroxylation is 1. The van der Waals surface area contributed by atoms with Crippen LogP contribution in [0.2, 0.25) is 0 Å². The first-order chi connectivity index (χ1) is 8.70. The highest BCUT2D eigenvalue weighted by Crippen LogP contribution is 2.25. The Balaban J connectivity index is 2.07. The van der Waals surface area contributed by atoms with Crippen LogP contribution >= 0.6 is 0 Å². The number of rotatable bonds is 5. The van der Waals surface area contributed by atoms with Gasteiger partial charge in [-0.2, -0.15) is 0 Å². The molecular formula is C15H22FNO. The van der Waals surface area contributed by atoms with Crippen molar-refractivity contribution in [3.63, 3.8) is 0 Å². The molecule has 1 aromatic rings. The van der Waals surface area contributed by atoms with Gasteiger partial charge in [-0.25, -0.2) is 4.39 Å². The Morgan fingerprint density at radius 3 is 2.67 bits per heavy atom. The molecule has 1 fully saturated rings. The molecular weight excluding hydrogens is 229 g/mol. The van der Waals surface area contributed by atoms with Crippen molar-refractivity contribution in [1.82, 2.24) is 4.90 Å². The van der Waals surface area contributed by atoms with Gasteiger partial charge in [0.15, 0.2) is 0 Å². The van der Waals surface area contributed by atoms with E-state index in [1.807, 2.05) is 13.0 Å². The predicted molar refractivity (Wildman–Crippen MR) is 70.9 cm³/mol. The summed E-state index contributed by atoms with van der Waals surface area (Å²) in [6, 6.07) is 5.56. The summed E-state index contributed by atoms with van der Waals surface area (Å²) in [5.74, 6) is -0.175. The molecule has 2 nitrogen and oxygen atoms in total. The zero-order valence-electron chi connectivity index (χ0n) is 11.0. The maximum Gasteiger partial charge on any atom is 0.123 e. The number of aliphatic hydroxyl groups excluding tert-OH is 1. The van der Waals surface area contributed by atoms with E-state index in [2.05, 4.69) is 4.90 Å². The molecule has 1 N–H and O–H groups in total. The van der Waals surface area contributed by atoms with Gasteiger partial charge in [-0.1, -0.05) is 18.9 Å². The molecule has 0 unspecified atom stereocenters. The molecule has 100 valence electrons. The minimum atomic E-state index is -0.175. The number of nitrogens with zero attached hydrogens (tertiary/aromatic N) is 1. The summed E-state index contributed by atoms with van der Waals surface area (Å²) in [5, 5.41) is 9.19. The molecule has 0 heterocycles. The molecule has 0 saturated heterocycles. The van der Waals surface area contributed by atoms with Crippen molar-refractivity contribution in [3.05, 3.63) is 35.1 Å². The molecule has 1 aliphatic carbocycles. The van der Waals surface area contributed by atoms with Gasteiger partial charge in [0, 0.05) is 19.1 Å². The highest BCUT2D eigenvalue weighted by molar-refractivity contribution is 5.26. The lowest BCUT2D eigenvalue weighted by molar-refractivity contribution is 0.144. The van der Waals surface area contributed by atoms with Gasteiger partial charge in [-0.05, 0) is 43.0 Å². The number of aliphatic hydroxyl groups is 1. The maximum atomic E-state index is 13.1. The van der Waals surface area contributed by atoms with Gasteiger partial charge >= 0.3 is 0 Å². The fourth-order valence-corrected chi connectivity index (χ4v) is 2.84. The highest BCUT2D eigenvalue weighted by atomic mass is 19.1. The van der Waals surface area contributed by atoms with Crippen LogP contribution in [-0.2, 0) is 6.54 Å². The SMILES string of the molecule is Cc1cc(F)ccc1CN(CCO)C1CCCC1. The van der Waals surface area contributed by atoms with Crippen molar-refractivity contribution in [3.8, 4) is 0 Å². The van der Waals surface area contributed by atoms with Crippen molar-refractivity contribution in [2.24, 2.45) is 0 Å². The number of hydrogen-bond acceptors (Lipinski definition) is 2. The van der Waals surface area contributed by atoms with E-state index in [-0.39, 0.29) is 12.4 Å². The molecule has 18 heavy (non-hydrogen) atoms. The zero-order chi connectivity index (χ0) is 13.0. The third-order valence-corrected chi connectivity index (χ3v) is 3.91. The summed E-state index contributed by atoms with van der Waals surface area (Å²) < 4.78 is 13.1. The van der Waals surface area contributed by atoms with Gasteiger partial charge in [0.05, 0.1) is 6.61 Å². The molecule has 0 aromatic heterocycles. The van der Waals surface area contributed by atoms with Crippen LogP contribution in [0.25, 0.3) is 0 Å². The average Bonchev–Trinajstić information content (AvgIpc) is 2.85. The van der Waals surface area contributed by atoms with Crippen molar-refractivity contribution >= 4 is 0 Å². The summed E-state index contributed by atoms with van der Waals surface area (Å²) >= 11 is 0. The van der Waals surface area contributed by atoms with E-state index in [1.165, 1.54) is 31.7 Å². The Morgan fingerprint density at radius 2 is 2.06 bits per heavy atom. The smallest absolute Gasteiger partial charge is 0.123 e. The van der Waals surface area contributed by atoms with Crippen LogP contribution in [-0.4, -0.2) is 29.2 Å². The van der Waals surface area contributed by atoms with Crippen LogP contribution in [0.4, 0.5) is 4.39 Å². The van der Waals surface area contributed by atoms with Gasteiger partial charge in [-0.3, -0.25) is 4.90 Å². The van der Waals surface area contributed by atoms with Gasteiger partial charge in [0.25, 0.3) is 0 Å². The second-order valence-electron chi connectivity index (χ2n) is 5.20. The molecule has 0 amide bonds. The molecule has 0 aliphatic heterocycles. The normalized spacial score (nSPS) is 16.7. The third kappa shape index (κ3) is 3.30. The minimum Gasteiger partial charge on any atom is -0.395 e. The molecule has 1 aromatic carbocycles. The van der Waals surface area contributed by atoms with Gasteiger partial charge in [0.1, 0.15) is 5.82 Å². The first-order valence-corrected chi connectivity index (χ1v) is 6.80. The fourth-order valence-electron chi connectivity index (χ4n) is 2.84. The monoisotopic (exact) mass is 251 g/mol. The average molecular weight is 251 g/mol. The molecule has 0 atom stereocenters. The lowest BCUT2D eigenvalue weighted by Crippen LogP contribution is -2.35. The van der Waals surface area contributed by atoms with Crippen LogP contribution < -0.4 is 0 Å². The molecule has 0 spiro atoms. The Bertz CT molecular complexity index is 388. The van der Waals surface area contributed by atoms with Gasteiger partial charge in [0.2, 0.25) is 0 Å². The van der Waals surface area contributed by atoms with E-state index in [1.54, 1.807) is 6.07 Å². The van der Waals surface area contributed by atoms with Crippen LogP contribution in [0.5, 0.6) is 0 Å². The van der Waals surface area contributed by atoms with Crippen LogP contribution in [0.15, 0.2) is 18.2 Å². The largest absolute Gasteiger partial charge is 0.395 e. The van der Waals surface area contributed by atoms with Gasteiger partial charge < -0.3 is 5.11 Å². The third-order valence-electron chi connectivity index (χ3n) is 3.91. The lowest BCUT2D eigenvalue weighted by Gasteiger charge is -2.28. The van der Waals surface area contributed by atoms with Crippen LogP contribution in [0.1, 0.15) is 36.8 Å². The Labute approximate surface area is 108 Å². The van der Waals surface area contributed by atoms with E-state index < -0.39 is 0 Å². The molecule has 1 saturated carbocycles. The molecule has 0 bridgehead atoms. The fraction of sp³-hybridized carbons (Fsp3) is 0.600. The number of halogens is 1. The maximum absolute atomic E-state index is 13.1. The van der Waals surface area contributed by atoms with Crippen molar-refractivity contribution in [2.75, 3.05) is 13.2 Å². The highest BCUT2D eigenvalue weighted by Gasteiger charge is 2.22. The van der Waals surface area contributed by atoms with E-state index in [0.29, 0.717) is 12.6 Å². The summed E-state index contributed by atoms with van der Waals surface area (Å²) in [6.07, 6.45) is 5.02. The Morgan fingerprint density at radius 1 is 1.33 bits per heavy atom. The van der Waals surface area contributed by atoms with E-state index in [4.69, 9.17) is 0 Å². The Hall–Kier alpha value is -0.930. The predicted octanol–water partition coefficient (Wildman–Crippen LogP) is 2.87. The van der Waals surface area contributed by atoms with E-state index in [9.17, 15) is 9.50 Å². The molecule has 0 radical (unpaired) electrons. The minimum absolute atomic E-state index is 0.175. The number of hydrogen-bond donors (Lipinski definition) is 1. The molecule has 2 rings (SSSR count). The molecule has 3 heteroatoms. The van der Waals surface area contributed by atoms with Crippen molar-refractivity contribution in [1.29, 1.82) is 0 Å². The second kappa shape index (κ2) is 6.30. The number of benzene rings is 1. The topological polar surface area (TPSA) is 23.5 Å². The second-order valence-corrected chi connectivity index (χ2v) is 5.20. The van der Waals surface area contributed by atoms with Crippen LogP contribution in [0, 0.1) is 12.7 Å². The van der Waals surface area contributed by atoms with Gasteiger partial charge in [-0.15, -0.1) is 0 Å². The lowest BCUT2D eigenvalue weighted by atomic mass is 10.1. The summed E-state index contributed by atoms with van der Waals surface area (Å²) in [5.41, 5.74) is 2.16. The standard InChI is InChI=1S/C15H22FNO/c1-12-10-14(16)7-6-13(12)11-17(8-9-18)15-4-2-3-5-15/h6-7,10,15,18H,2-5,8-9,11H2,1H3. The van der Waals surface area contributed by atoms with E-state index >= 15 is 0 Å². The summed E-state index contributed by atoms with van der Waals surface area (Å²) in [7, 11) is 0. The first kappa shape index (κ1) is 13.5. The quantitative estimate of drug-likeness (QED) is 0.870. The van der Waals surface area contributed by atoms with E-state index in [0.717, 1.165) is 17.7 Å². The van der Waals surface area contributed by atoms with Crippen LogP contribution in [0.3, 0.4) is 0 Å². The van der Waals surface area contributed by atoms with Crippen molar-refractivity contribution < 1.29 is 9.50 Å².